The Kier molecular flexibility index (Phi) is 4.60. The fourth-order valence-electron chi connectivity index (χ4n) is 1.34. The Morgan fingerprint density at radius 3 is 2.71 bits per heavy atom. The molecule has 0 aliphatic rings. The van der Waals surface area contributed by atoms with Gasteiger partial charge in [-0.3, -0.25) is 4.98 Å². The summed E-state index contributed by atoms with van der Waals surface area (Å²) in [6.07, 6.45) is 4.96. The number of hydrogen-bond acceptors (Lipinski definition) is 2. The summed E-state index contributed by atoms with van der Waals surface area (Å²) in [4.78, 5) is 4.11. The Morgan fingerprint density at radius 2 is 2.14 bits per heavy atom. The quantitative estimate of drug-likeness (QED) is 0.776. The molecule has 1 heterocycles. The molecule has 1 rings (SSSR count). The molecule has 0 unspecified atom stereocenters. The van der Waals surface area contributed by atoms with E-state index in [9.17, 15) is 0 Å². The monoisotopic (exact) mass is 192 g/mol. The second-order valence-electron chi connectivity index (χ2n) is 4.14. The van der Waals surface area contributed by atoms with Crippen molar-refractivity contribution in [3.8, 4) is 0 Å². The van der Waals surface area contributed by atoms with Gasteiger partial charge in [-0.2, -0.15) is 0 Å². The number of rotatable bonds is 5. The Balaban J connectivity index is 2.32. The van der Waals surface area contributed by atoms with Gasteiger partial charge in [0, 0.05) is 18.4 Å². The number of pyridine rings is 1. The number of nitrogens with one attached hydrogen (secondary N) is 1. The Bertz CT molecular complexity index is 244. The van der Waals surface area contributed by atoms with E-state index in [-0.39, 0.29) is 0 Å². The summed E-state index contributed by atoms with van der Waals surface area (Å²) in [7, 11) is 0. The molecule has 0 fully saturated rings. The lowest BCUT2D eigenvalue weighted by Gasteiger charge is -2.14. The van der Waals surface area contributed by atoms with Gasteiger partial charge in [0.1, 0.15) is 0 Å². The fraction of sp³-hybridized carbons (Fsp3) is 0.583. The largest absolute Gasteiger partial charge is 0.310 e. The van der Waals surface area contributed by atoms with Crippen LogP contribution in [0, 0.1) is 5.92 Å². The summed E-state index contributed by atoms with van der Waals surface area (Å²) in [5, 5.41) is 3.49. The van der Waals surface area contributed by atoms with Crippen LogP contribution in [0.25, 0.3) is 0 Å². The molecule has 0 saturated carbocycles. The minimum absolute atomic E-state index is 0.405. The molecule has 0 amide bonds. The van der Waals surface area contributed by atoms with E-state index in [1.54, 1.807) is 0 Å². The van der Waals surface area contributed by atoms with Crippen LogP contribution in [-0.4, -0.2) is 11.5 Å². The van der Waals surface area contributed by atoms with Gasteiger partial charge in [-0.05, 0) is 37.4 Å². The van der Waals surface area contributed by atoms with Crippen molar-refractivity contribution in [2.45, 2.75) is 33.2 Å². The molecule has 2 nitrogen and oxygen atoms in total. The van der Waals surface area contributed by atoms with Crippen molar-refractivity contribution >= 4 is 0 Å². The molecule has 0 aliphatic heterocycles. The first kappa shape index (κ1) is 11.2. The highest BCUT2D eigenvalue weighted by atomic mass is 14.9. The average molecular weight is 192 g/mol. The molecule has 0 bridgehead atoms. The molecule has 0 saturated heterocycles. The van der Waals surface area contributed by atoms with Crippen molar-refractivity contribution < 1.29 is 0 Å². The van der Waals surface area contributed by atoms with E-state index < -0.39 is 0 Å². The van der Waals surface area contributed by atoms with Gasteiger partial charge in [0.05, 0.1) is 0 Å². The van der Waals surface area contributed by atoms with Gasteiger partial charge in [-0.25, -0.2) is 0 Å². The predicted octanol–water partition coefficient (Wildman–Crippen LogP) is 2.78. The topological polar surface area (TPSA) is 24.9 Å². The van der Waals surface area contributed by atoms with Crippen LogP contribution in [0.15, 0.2) is 24.5 Å². The van der Waals surface area contributed by atoms with Gasteiger partial charge < -0.3 is 5.32 Å². The lowest BCUT2D eigenvalue weighted by atomic mass is 10.1. The van der Waals surface area contributed by atoms with E-state index in [0.717, 1.165) is 12.5 Å². The highest BCUT2D eigenvalue weighted by Gasteiger charge is 2.03. The summed E-state index contributed by atoms with van der Waals surface area (Å²) in [6, 6.07) is 4.50. The highest BCUT2D eigenvalue weighted by molar-refractivity contribution is 5.12. The standard InChI is InChI=1S/C12H20N2/c1-10(2)6-8-14-11(3)12-5-4-7-13-9-12/h4-5,7,9-11,14H,6,8H2,1-3H3/t11-/m0/s1. The minimum Gasteiger partial charge on any atom is -0.310 e. The van der Waals surface area contributed by atoms with Crippen molar-refractivity contribution in [1.82, 2.24) is 10.3 Å². The van der Waals surface area contributed by atoms with Gasteiger partial charge in [0.25, 0.3) is 0 Å². The normalized spacial score (nSPS) is 13.1. The molecule has 1 aromatic rings. The number of nitrogens with zero attached hydrogens (tertiary/aromatic N) is 1. The second-order valence-corrected chi connectivity index (χ2v) is 4.14. The number of aromatic nitrogens is 1. The third-order valence-corrected chi connectivity index (χ3v) is 2.36. The number of hydrogen-bond donors (Lipinski definition) is 1. The van der Waals surface area contributed by atoms with Crippen molar-refractivity contribution in [2.24, 2.45) is 5.92 Å². The van der Waals surface area contributed by atoms with Crippen molar-refractivity contribution in [3.05, 3.63) is 30.1 Å². The van der Waals surface area contributed by atoms with Crippen LogP contribution in [0.5, 0.6) is 0 Å². The smallest absolute Gasteiger partial charge is 0.0315 e. The Labute approximate surface area is 86.8 Å². The van der Waals surface area contributed by atoms with E-state index in [1.165, 1.54) is 12.0 Å². The predicted molar refractivity (Wildman–Crippen MR) is 60.1 cm³/mol. The lowest BCUT2D eigenvalue weighted by molar-refractivity contribution is 0.496. The van der Waals surface area contributed by atoms with E-state index in [4.69, 9.17) is 0 Å². The maximum Gasteiger partial charge on any atom is 0.0315 e. The van der Waals surface area contributed by atoms with Crippen molar-refractivity contribution in [1.29, 1.82) is 0 Å². The Morgan fingerprint density at radius 1 is 1.36 bits per heavy atom. The summed E-state index contributed by atoms with van der Waals surface area (Å²) in [6.45, 7) is 7.75. The third kappa shape index (κ3) is 3.88. The van der Waals surface area contributed by atoms with Crippen LogP contribution in [-0.2, 0) is 0 Å². The molecular formula is C12H20N2. The van der Waals surface area contributed by atoms with Gasteiger partial charge >= 0.3 is 0 Å². The molecule has 14 heavy (non-hydrogen) atoms. The third-order valence-electron chi connectivity index (χ3n) is 2.36. The maximum absolute atomic E-state index is 4.11. The molecule has 0 aromatic carbocycles. The Hall–Kier alpha value is -0.890. The zero-order valence-corrected chi connectivity index (χ0v) is 9.33. The second kappa shape index (κ2) is 5.76. The van der Waals surface area contributed by atoms with Gasteiger partial charge in [0.15, 0.2) is 0 Å². The first-order valence-electron chi connectivity index (χ1n) is 5.33. The molecule has 0 radical (unpaired) electrons. The first-order valence-corrected chi connectivity index (χ1v) is 5.33. The van der Waals surface area contributed by atoms with Crippen molar-refractivity contribution in [2.75, 3.05) is 6.54 Å². The summed E-state index contributed by atoms with van der Waals surface area (Å²) in [5.74, 6) is 0.767. The lowest BCUT2D eigenvalue weighted by Crippen LogP contribution is -2.20. The zero-order valence-electron chi connectivity index (χ0n) is 9.33. The minimum atomic E-state index is 0.405. The van der Waals surface area contributed by atoms with Crippen LogP contribution in [0.1, 0.15) is 38.8 Å². The zero-order chi connectivity index (χ0) is 10.4. The van der Waals surface area contributed by atoms with Gasteiger partial charge in [-0.15, -0.1) is 0 Å². The molecule has 0 aliphatic carbocycles. The molecular weight excluding hydrogens is 172 g/mol. The summed E-state index contributed by atoms with van der Waals surface area (Å²) < 4.78 is 0. The maximum atomic E-state index is 4.11. The first-order chi connectivity index (χ1) is 6.70. The van der Waals surface area contributed by atoms with Crippen molar-refractivity contribution in [3.63, 3.8) is 0 Å². The van der Waals surface area contributed by atoms with Crippen LogP contribution in [0.3, 0.4) is 0 Å². The fourth-order valence-corrected chi connectivity index (χ4v) is 1.34. The summed E-state index contributed by atoms with van der Waals surface area (Å²) in [5.41, 5.74) is 1.26. The molecule has 1 atom stereocenters. The van der Waals surface area contributed by atoms with Crippen LogP contribution >= 0.6 is 0 Å². The molecule has 1 N–H and O–H groups in total. The van der Waals surface area contributed by atoms with Gasteiger partial charge in [0.2, 0.25) is 0 Å². The van der Waals surface area contributed by atoms with E-state index >= 15 is 0 Å². The SMILES string of the molecule is CC(C)CCN[C@@H](C)c1cccnc1. The highest BCUT2D eigenvalue weighted by Crippen LogP contribution is 2.10. The molecule has 1 aromatic heterocycles. The van der Waals surface area contributed by atoms with E-state index in [1.807, 2.05) is 18.5 Å². The van der Waals surface area contributed by atoms with Crippen LogP contribution in [0.4, 0.5) is 0 Å². The average Bonchev–Trinajstić information content (AvgIpc) is 2.18. The molecule has 0 spiro atoms. The van der Waals surface area contributed by atoms with E-state index in [0.29, 0.717) is 6.04 Å². The van der Waals surface area contributed by atoms with Crippen LogP contribution < -0.4 is 5.32 Å². The summed E-state index contributed by atoms with van der Waals surface area (Å²) >= 11 is 0. The van der Waals surface area contributed by atoms with Crippen LogP contribution in [0.2, 0.25) is 0 Å². The van der Waals surface area contributed by atoms with Gasteiger partial charge in [-0.1, -0.05) is 19.9 Å². The molecule has 2 heteroatoms. The molecule has 78 valence electrons. The van der Waals surface area contributed by atoms with E-state index in [2.05, 4.69) is 37.1 Å².